The molecule has 3 rings (SSSR count). The van der Waals surface area contributed by atoms with E-state index in [1.54, 1.807) is 6.92 Å². The number of ether oxygens (including phenoxy) is 1. The van der Waals surface area contributed by atoms with E-state index in [2.05, 4.69) is 43.2 Å². The Bertz CT molecular complexity index is 1020. The van der Waals surface area contributed by atoms with Gasteiger partial charge < -0.3 is 14.5 Å². The zero-order valence-electron chi connectivity index (χ0n) is 19.6. The summed E-state index contributed by atoms with van der Waals surface area (Å²) in [5.74, 6) is 0.791. The van der Waals surface area contributed by atoms with E-state index in [1.165, 1.54) is 0 Å². The Kier molecular flexibility index (Phi) is 7.80. The minimum absolute atomic E-state index is 0.0938. The highest BCUT2D eigenvalue weighted by molar-refractivity contribution is 5.94. The van der Waals surface area contributed by atoms with Crippen LogP contribution < -0.4 is 5.32 Å². The van der Waals surface area contributed by atoms with Crippen LogP contribution in [0.25, 0.3) is 17.3 Å². The van der Waals surface area contributed by atoms with Crippen molar-refractivity contribution in [2.24, 2.45) is 0 Å². The van der Waals surface area contributed by atoms with Crippen molar-refractivity contribution in [1.82, 2.24) is 25.3 Å². The molecule has 0 spiro atoms. The smallest absolute Gasteiger partial charge is 0.268 e. The number of amides is 1. The second-order valence-electron chi connectivity index (χ2n) is 8.83. The molecule has 1 N–H and O–H groups in total. The molecule has 2 heterocycles. The van der Waals surface area contributed by atoms with Crippen LogP contribution in [0.2, 0.25) is 0 Å². The fourth-order valence-corrected chi connectivity index (χ4v) is 3.20. The average Bonchev–Trinajstić information content (AvgIpc) is 3.39. The van der Waals surface area contributed by atoms with Gasteiger partial charge in [0, 0.05) is 37.7 Å². The summed E-state index contributed by atoms with van der Waals surface area (Å²) < 4.78 is 12.9. The lowest BCUT2D eigenvalue weighted by molar-refractivity contribution is 0.0940. The van der Waals surface area contributed by atoms with E-state index in [0.717, 1.165) is 37.3 Å². The topological polar surface area (TPSA) is 95.1 Å². The highest BCUT2D eigenvalue weighted by Gasteiger charge is 2.24. The van der Waals surface area contributed by atoms with Crippen LogP contribution in [0.4, 0.5) is 0 Å². The van der Waals surface area contributed by atoms with Gasteiger partial charge in [0.25, 0.3) is 11.8 Å². The van der Waals surface area contributed by atoms with E-state index < -0.39 is 0 Å². The van der Waals surface area contributed by atoms with Crippen molar-refractivity contribution in [2.45, 2.75) is 59.3 Å². The monoisotopic (exact) mass is 439 g/mol. The standard InChI is InChI=1S/C24H33N5O3/c1-6-7-14-31-15-8-13-25-22(30)18-9-11-19(12-10-18)29-21(24(3,4)5)16-20(28-29)23-27-26-17(2)32-23/h9-12,16H,6-8,13-15H2,1-5H3,(H,25,30). The van der Waals surface area contributed by atoms with E-state index in [-0.39, 0.29) is 11.3 Å². The maximum absolute atomic E-state index is 12.4. The summed E-state index contributed by atoms with van der Waals surface area (Å²) in [6, 6.07) is 9.39. The second-order valence-corrected chi connectivity index (χ2v) is 8.83. The van der Waals surface area contributed by atoms with Gasteiger partial charge in [0.05, 0.1) is 11.4 Å². The van der Waals surface area contributed by atoms with Gasteiger partial charge >= 0.3 is 0 Å². The molecule has 0 aliphatic heterocycles. The molecular weight excluding hydrogens is 406 g/mol. The highest BCUT2D eigenvalue weighted by atomic mass is 16.5. The number of unbranched alkanes of at least 4 members (excludes halogenated alkanes) is 1. The summed E-state index contributed by atoms with van der Waals surface area (Å²) in [4.78, 5) is 12.4. The Morgan fingerprint density at radius 2 is 1.84 bits per heavy atom. The molecule has 32 heavy (non-hydrogen) atoms. The summed E-state index contributed by atoms with van der Waals surface area (Å²) >= 11 is 0. The van der Waals surface area contributed by atoms with Crippen molar-refractivity contribution in [3.05, 3.63) is 47.5 Å². The summed E-state index contributed by atoms with van der Waals surface area (Å²) in [6.07, 6.45) is 3.00. The quantitative estimate of drug-likeness (QED) is 0.469. The van der Waals surface area contributed by atoms with Crippen LogP contribution >= 0.6 is 0 Å². The Labute approximate surface area is 189 Å². The third kappa shape index (κ3) is 6.03. The number of rotatable bonds is 10. The number of hydrogen-bond donors (Lipinski definition) is 1. The molecule has 8 nitrogen and oxygen atoms in total. The van der Waals surface area contributed by atoms with Gasteiger partial charge in [0.15, 0.2) is 0 Å². The van der Waals surface area contributed by atoms with E-state index in [4.69, 9.17) is 14.3 Å². The van der Waals surface area contributed by atoms with Crippen molar-refractivity contribution in [3.8, 4) is 17.3 Å². The Morgan fingerprint density at radius 3 is 2.47 bits per heavy atom. The molecule has 1 amide bonds. The first-order valence-electron chi connectivity index (χ1n) is 11.2. The average molecular weight is 440 g/mol. The number of benzene rings is 1. The molecule has 0 saturated heterocycles. The van der Waals surface area contributed by atoms with Crippen LogP contribution in [0.5, 0.6) is 0 Å². The molecule has 1 aromatic carbocycles. The fraction of sp³-hybridized carbons (Fsp3) is 0.500. The lowest BCUT2D eigenvalue weighted by Crippen LogP contribution is -2.25. The molecule has 0 atom stereocenters. The number of aromatic nitrogens is 4. The second kappa shape index (κ2) is 10.5. The number of nitrogens with zero attached hydrogens (tertiary/aromatic N) is 4. The van der Waals surface area contributed by atoms with Crippen LogP contribution in [0.15, 0.2) is 34.7 Å². The molecule has 0 unspecified atom stereocenters. The van der Waals surface area contributed by atoms with Crippen molar-refractivity contribution in [2.75, 3.05) is 19.8 Å². The Balaban J connectivity index is 1.68. The van der Waals surface area contributed by atoms with Gasteiger partial charge in [-0.05, 0) is 43.2 Å². The molecule has 172 valence electrons. The van der Waals surface area contributed by atoms with E-state index >= 15 is 0 Å². The van der Waals surface area contributed by atoms with Gasteiger partial charge in [-0.25, -0.2) is 4.68 Å². The van der Waals surface area contributed by atoms with E-state index in [1.807, 2.05) is 35.0 Å². The van der Waals surface area contributed by atoms with Crippen molar-refractivity contribution >= 4 is 5.91 Å². The first kappa shape index (κ1) is 23.7. The van der Waals surface area contributed by atoms with Crippen LogP contribution in [0.3, 0.4) is 0 Å². The molecule has 2 aromatic heterocycles. The lowest BCUT2D eigenvalue weighted by Gasteiger charge is -2.20. The van der Waals surface area contributed by atoms with E-state index in [0.29, 0.717) is 36.2 Å². The first-order chi connectivity index (χ1) is 15.3. The van der Waals surface area contributed by atoms with Gasteiger partial charge in [-0.1, -0.05) is 34.1 Å². The number of aryl methyl sites for hydroxylation is 1. The number of carbonyl (C=O) groups excluding carboxylic acids is 1. The van der Waals surface area contributed by atoms with Crippen LogP contribution in [0, 0.1) is 6.92 Å². The minimum Gasteiger partial charge on any atom is -0.420 e. The molecule has 3 aromatic rings. The predicted octanol–water partition coefficient (Wildman–Crippen LogP) is 4.46. The fourth-order valence-electron chi connectivity index (χ4n) is 3.20. The van der Waals surface area contributed by atoms with Crippen molar-refractivity contribution in [3.63, 3.8) is 0 Å². The number of nitrogens with one attached hydrogen (secondary N) is 1. The highest BCUT2D eigenvalue weighted by Crippen LogP contribution is 2.29. The lowest BCUT2D eigenvalue weighted by atomic mass is 9.91. The molecule has 0 aliphatic carbocycles. The zero-order valence-corrected chi connectivity index (χ0v) is 19.6. The molecule has 0 saturated carbocycles. The predicted molar refractivity (Wildman–Crippen MR) is 123 cm³/mol. The summed E-state index contributed by atoms with van der Waals surface area (Å²) in [5, 5.41) is 15.6. The summed E-state index contributed by atoms with van der Waals surface area (Å²) in [7, 11) is 0. The molecule has 0 aliphatic rings. The maximum Gasteiger partial charge on any atom is 0.268 e. The Morgan fingerprint density at radius 1 is 1.12 bits per heavy atom. The van der Waals surface area contributed by atoms with Gasteiger partial charge in [-0.3, -0.25) is 4.79 Å². The number of hydrogen-bond acceptors (Lipinski definition) is 6. The van der Waals surface area contributed by atoms with Gasteiger partial charge in [-0.15, -0.1) is 10.2 Å². The zero-order chi connectivity index (χ0) is 23.1. The minimum atomic E-state index is -0.157. The largest absolute Gasteiger partial charge is 0.420 e. The van der Waals surface area contributed by atoms with Crippen LogP contribution in [-0.2, 0) is 10.2 Å². The maximum atomic E-state index is 12.4. The third-order valence-corrected chi connectivity index (χ3v) is 4.99. The molecule has 0 fully saturated rings. The van der Waals surface area contributed by atoms with Crippen molar-refractivity contribution < 1.29 is 13.9 Å². The van der Waals surface area contributed by atoms with Crippen molar-refractivity contribution in [1.29, 1.82) is 0 Å². The summed E-state index contributed by atoms with van der Waals surface area (Å²) in [6.45, 7) is 12.3. The molecule has 0 radical (unpaired) electrons. The SMILES string of the molecule is CCCCOCCCNC(=O)c1ccc(-n2nc(-c3nnc(C)o3)cc2C(C)(C)C)cc1. The van der Waals surface area contributed by atoms with Gasteiger partial charge in [0.1, 0.15) is 5.69 Å². The third-order valence-electron chi connectivity index (χ3n) is 4.99. The van der Waals surface area contributed by atoms with Crippen LogP contribution in [0.1, 0.15) is 68.9 Å². The van der Waals surface area contributed by atoms with Gasteiger partial charge in [-0.2, -0.15) is 5.10 Å². The first-order valence-corrected chi connectivity index (χ1v) is 11.2. The summed E-state index contributed by atoms with van der Waals surface area (Å²) in [5.41, 5.74) is 2.94. The van der Waals surface area contributed by atoms with Gasteiger partial charge in [0.2, 0.25) is 5.89 Å². The Hall–Kier alpha value is -3.00. The molecular formula is C24H33N5O3. The van der Waals surface area contributed by atoms with E-state index in [9.17, 15) is 4.79 Å². The molecule has 0 bridgehead atoms. The number of carbonyl (C=O) groups is 1. The normalized spacial score (nSPS) is 11.7. The van der Waals surface area contributed by atoms with Crippen LogP contribution in [-0.4, -0.2) is 45.6 Å². The molecule has 8 heteroatoms.